The molecule has 0 radical (unpaired) electrons. The van der Waals surface area contributed by atoms with Gasteiger partial charge in [0.25, 0.3) is 5.92 Å². The topological polar surface area (TPSA) is 94.6 Å². The maximum Gasteiger partial charge on any atom is 0.264 e. The lowest BCUT2D eigenvalue weighted by atomic mass is 9.87. The number of halogens is 4. The molecule has 2 atom stereocenters. The Balaban J connectivity index is 1.69. The number of aromatic hydroxyl groups is 1. The van der Waals surface area contributed by atoms with Crippen LogP contribution in [-0.2, 0) is 6.54 Å². The van der Waals surface area contributed by atoms with E-state index in [1.165, 1.54) is 25.0 Å². The number of alkyl halides is 2. The minimum Gasteiger partial charge on any atom is -0.497 e. The number of aromatic nitrogens is 2. The van der Waals surface area contributed by atoms with Gasteiger partial charge in [0.15, 0.2) is 11.6 Å². The minimum atomic E-state index is -3.06. The third-order valence-electron chi connectivity index (χ3n) is 6.01. The van der Waals surface area contributed by atoms with Crippen LogP contribution in [0.4, 0.5) is 19.0 Å². The molecule has 1 aliphatic rings. The Hall–Kier alpha value is -2.85. The molecule has 2 aromatic heterocycles. The molecule has 0 aliphatic heterocycles. The molecule has 4 N–H and O–H groups in total. The summed E-state index contributed by atoms with van der Waals surface area (Å²) < 4.78 is 55.3. The molecule has 1 aromatic carbocycles. The van der Waals surface area contributed by atoms with Gasteiger partial charge in [-0.3, -0.25) is 0 Å². The molecule has 4 rings (SSSR count). The van der Waals surface area contributed by atoms with Gasteiger partial charge in [0.05, 0.1) is 32.2 Å². The van der Waals surface area contributed by atoms with E-state index in [0.717, 1.165) is 0 Å². The summed E-state index contributed by atoms with van der Waals surface area (Å²) >= 11 is 6.25. The van der Waals surface area contributed by atoms with Crippen LogP contribution < -0.4 is 20.5 Å². The minimum absolute atomic E-state index is 0.00128. The van der Waals surface area contributed by atoms with Gasteiger partial charge in [-0.1, -0.05) is 11.6 Å². The Labute approximate surface area is 193 Å². The molecule has 2 heterocycles. The summed E-state index contributed by atoms with van der Waals surface area (Å²) in [6.45, 7) is 0.145. The van der Waals surface area contributed by atoms with Gasteiger partial charge >= 0.3 is 0 Å². The third-order valence-corrected chi connectivity index (χ3v) is 6.29. The Morgan fingerprint density at radius 3 is 2.79 bits per heavy atom. The highest BCUT2D eigenvalue weighted by atomic mass is 35.5. The van der Waals surface area contributed by atoms with E-state index in [9.17, 15) is 13.9 Å². The Bertz CT molecular complexity index is 1190. The second-order valence-corrected chi connectivity index (χ2v) is 8.40. The van der Waals surface area contributed by atoms with E-state index in [1.807, 2.05) is 0 Å². The van der Waals surface area contributed by atoms with Crippen LogP contribution in [0.2, 0.25) is 5.15 Å². The molecule has 33 heavy (non-hydrogen) atoms. The van der Waals surface area contributed by atoms with Crippen molar-refractivity contribution in [3.05, 3.63) is 40.9 Å². The zero-order valence-corrected chi connectivity index (χ0v) is 18.8. The second-order valence-electron chi connectivity index (χ2n) is 8.04. The van der Waals surface area contributed by atoms with Gasteiger partial charge in [0, 0.05) is 35.7 Å². The quantitative estimate of drug-likeness (QED) is 0.445. The van der Waals surface area contributed by atoms with E-state index in [2.05, 4.69) is 10.3 Å². The first kappa shape index (κ1) is 23.3. The Morgan fingerprint density at radius 1 is 1.33 bits per heavy atom. The van der Waals surface area contributed by atoms with Crippen molar-refractivity contribution >= 4 is 28.2 Å². The number of benzene rings is 1. The number of anilines is 1. The molecule has 0 saturated heterocycles. The zero-order valence-electron chi connectivity index (χ0n) is 18.0. The number of nitrogens with zero attached hydrogens (tertiary/aromatic N) is 2. The lowest BCUT2D eigenvalue weighted by Crippen LogP contribution is -2.55. The van der Waals surface area contributed by atoms with Crippen LogP contribution >= 0.6 is 11.6 Å². The van der Waals surface area contributed by atoms with Gasteiger partial charge in [-0.2, -0.15) is 0 Å². The fourth-order valence-electron chi connectivity index (χ4n) is 4.16. The van der Waals surface area contributed by atoms with Crippen LogP contribution in [0, 0.1) is 5.82 Å². The predicted molar refractivity (Wildman–Crippen MR) is 119 cm³/mol. The van der Waals surface area contributed by atoms with Crippen LogP contribution in [0.3, 0.4) is 0 Å². The highest BCUT2D eigenvalue weighted by Gasteiger charge is 2.45. The van der Waals surface area contributed by atoms with E-state index < -0.39 is 23.8 Å². The van der Waals surface area contributed by atoms with E-state index in [-0.39, 0.29) is 47.0 Å². The average Bonchev–Trinajstić information content (AvgIpc) is 3.12. The highest BCUT2D eigenvalue weighted by molar-refractivity contribution is 6.35. The number of rotatable bonds is 6. The molecular weight excluding hydrogens is 461 g/mol. The summed E-state index contributed by atoms with van der Waals surface area (Å²) in [6.07, 6.45) is 1.67. The Morgan fingerprint density at radius 2 is 2.09 bits per heavy atom. The summed E-state index contributed by atoms with van der Waals surface area (Å²) in [6, 6.07) is 2.83. The largest absolute Gasteiger partial charge is 0.497 e. The number of fused-ring (bicyclic) bond motifs is 1. The number of hydrogen-bond donors (Lipinski definition) is 3. The van der Waals surface area contributed by atoms with Crippen LogP contribution in [0.1, 0.15) is 24.8 Å². The molecule has 0 bridgehead atoms. The van der Waals surface area contributed by atoms with Gasteiger partial charge < -0.3 is 30.2 Å². The molecule has 0 amide bonds. The first-order chi connectivity index (χ1) is 15.7. The average molecular weight is 485 g/mol. The fraction of sp³-hybridized carbons (Fsp3) is 0.409. The van der Waals surface area contributed by atoms with Gasteiger partial charge in [0.1, 0.15) is 16.7 Å². The summed E-state index contributed by atoms with van der Waals surface area (Å²) in [5.41, 5.74) is 6.41. The number of hydrogen-bond acceptors (Lipinski definition) is 6. The number of nitrogens with one attached hydrogen (secondary N) is 1. The number of pyridine rings is 1. The first-order valence-electron chi connectivity index (χ1n) is 10.3. The molecule has 0 spiro atoms. The zero-order chi connectivity index (χ0) is 23.9. The smallest absolute Gasteiger partial charge is 0.264 e. The molecule has 1 unspecified atom stereocenters. The van der Waals surface area contributed by atoms with Crippen molar-refractivity contribution in [3.8, 4) is 17.4 Å². The number of nitrogens with two attached hydrogens (primary N) is 1. The number of methoxy groups -OCH3 is 2. The van der Waals surface area contributed by atoms with Crippen LogP contribution in [0.25, 0.3) is 10.8 Å². The maximum absolute atomic E-state index is 15.3. The predicted octanol–water partition coefficient (Wildman–Crippen LogP) is 4.53. The van der Waals surface area contributed by atoms with Crippen LogP contribution in [-0.4, -0.2) is 46.9 Å². The molecule has 1 aliphatic carbocycles. The Kier molecular flexibility index (Phi) is 6.24. The molecular formula is C22H24ClF3N4O3. The summed E-state index contributed by atoms with van der Waals surface area (Å²) in [4.78, 5) is 3.98. The van der Waals surface area contributed by atoms with Crippen molar-refractivity contribution < 1.29 is 27.8 Å². The van der Waals surface area contributed by atoms with E-state index in [1.54, 1.807) is 18.2 Å². The first-order valence-corrected chi connectivity index (χ1v) is 10.7. The standard InChI is InChI=1S/C22H24ClF3N4O3/c1-32-12-6-5-11(15(8-12)33-2)9-30-10-13-16(21(30)31)19(23)29-20(17(13)24)28-14-4-3-7-22(25,26)18(14)27/h5-6,8,10,14,18,28,31H,3-4,7,9,27H2,1-2H3/t14?,18-/m1/s1. The molecule has 11 heteroatoms. The lowest BCUT2D eigenvalue weighted by molar-refractivity contribution is -0.0555. The highest BCUT2D eigenvalue weighted by Crippen LogP contribution is 2.39. The van der Waals surface area contributed by atoms with E-state index in [0.29, 0.717) is 23.5 Å². The number of ether oxygens (including phenoxy) is 2. The van der Waals surface area contributed by atoms with E-state index >= 15 is 4.39 Å². The SMILES string of the molecule is COc1ccc(Cn2cc3c(F)c(NC4CCCC(F)(F)[C@@H]4N)nc(Cl)c3c2O)c(OC)c1. The van der Waals surface area contributed by atoms with Crippen LogP contribution in [0.15, 0.2) is 24.4 Å². The van der Waals surface area contributed by atoms with Crippen LogP contribution in [0.5, 0.6) is 17.4 Å². The van der Waals surface area contributed by atoms with Crippen molar-refractivity contribution in [3.63, 3.8) is 0 Å². The third kappa shape index (κ3) is 4.24. The van der Waals surface area contributed by atoms with Crippen molar-refractivity contribution in [2.24, 2.45) is 5.73 Å². The van der Waals surface area contributed by atoms with Crippen molar-refractivity contribution in [2.75, 3.05) is 19.5 Å². The molecule has 3 aromatic rings. The second kappa shape index (κ2) is 8.83. The monoisotopic (exact) mass is 484 g/mol. The normalized spacial score (nSPS) is 20.1. The molecule has 178 valence electrons. The lowest BCUT2D eigenvalue weighted by Gasteiger charge is -2.36. The molecule has 7 nitrogen and oxygen atoms in total. The molecule has 1 fully saturated rings. The van der Waals surface area contributed by atoms with Gasteiger partial charge in [-0.25, -0.2) is 18.2 Å². The van der Waals surface area contributed by atoms with E-state index in [4.69, 9.17) is 26.8 Å². The summed E-state index contributed by atoms with van der Waals surface area (Å²) in [7, 11) is 3.03. The van der Waals surface area contributed by atoms with Crippen molar-refractivity contribution in [1.82, 2.24) is 9.55 Å². The van der Waals surface area contributed by atoms with Gasteiger partial charge in [-0.05, 0) is 25.0 Å². The van der Waals surface area contributed by atoms with Gasteiger partial charge in [-0.15, -0.1) is 0 Å². The van der Waals surface area contributed by atoms with Crippen molar-refractivity contribution in [2.45, 2.75) is 43.8 Å². The maximum atomic E-state index is 15.3. The summed E-state index contributed by atoms with van der Waals surface area (Å²) in [5, 5.41) is 13.3. The van der Waals surface area contributed by atoms with Crippen molar-refractivity contribution in [1.29, 1.82) is 0 Å². The fourth-order valence-corrected chi connectivity index (χ4v) is 4.43. The van der Waals surface area contributed by atoms with Gasteiger partial charge in [0.2, 0.25) is 5.88 Å². The summed E-state index contributed by atoms with van der Waals surface area (Å²) in [5.74, 6) is -3.33. The molecule has 1 saturated carbocycles.